The quantitative estimate of drug-likeness (QED) is 0.131. The molecule has 2 heterocycles. The lowest BCUT2D eigenvalue weighted by atomic mass is 9.96. The summed E-state index contributed by atoms with van der Waals surface area (Å²) in [6, 6.07) is 14.1. The maximum absolute atomic E-state index is 10.5. The van der Waals surface area contributed by atoms with Crippen LogP contribution in [0.3, 0.4) is 0 Å². The molecule has 3 N–H and O–H groups in total. The number of benzene rings is 2. The summed E-state index contributed by atoms with van der Waals surface area (Å²) in [6.45, 7) is 7.27. The Morgan fingerprint density at radius 3 is 2.34 bits per heavy atom. The number of ether oxygens (including phenoxy) is 2. The maximum atomic E-state index is 10.5. The first kappa shape index (κ1) is 33.2. The minimum atomic E-state index is -0.154. The molecule has 4 aromatic rings. The van der Waals surface area contributed by atoms with Crippen molar-refractivity contribution < 1.29 is 24.5 Å². The van der Waals surface area contributed by atoms with Crippen LogP contribution in [-0.2, 0) is 4.74 Å². The van der Waals surface area contributed by atoms with Crippen molar-refractivity contribution >= 4 is 28.8 Å². The van der Waals surface area contributed by atoms with Gasteiger partial charge in [-0.15, -0.1) is 0 Å². The number of phenolic OH excluding ortho intramolecular Hbond substituents is 2. The second-order valence-electron chi connectivity index (χ2n) is 11.2. The number of halogens is 1. The minimum absolute atomic E-state index is 0.138. The van der Waals surface area contributed by atoms with Gasteiger partial charge in [-0.3, -0.25) is 9.78 Å². The van der Waals surface area contributed by atoms with Crippen LogP contribution in [0, 0.1) is 19.8 Å². The summed E-state index contributed by atoms with van der Waals surface area (Å²) in [5.41, 5.74) is 5.85. The number of rotatable bonds is 9. The molecule has 2 aliphatic carbocycles. The zero-order valence-corrected chi connectivity index (χ0v) is 26.8. The predicted molar refractivity (Wildman–Crippen MR) is 175 cm³/mol. The summed E-state index contributed by atoms with van der Waals surface area (Å²) >= 11 is 5.93. The molecule has 1 unspecified atom stereocenters. The summed E-state index contributed by atoms with van der Waals surface area (Å²) in [6.07, 6.45) is 6.51. The van der Waals surface area contributed by atoms with Gasteiger partial charge in [-0.2, -0.15) is 0 Å². The van der Waals surface area contributed by atoms with Crippen LogP contribution in [0.5, 0.6) is 17.2 Å². The number of phenols is 2. The Kier molecular flexibility index (Phi) is 11.6. The fourth-order valence-corrected chi connectivity index (χ4v) is 5.10. The molecule has 44 heavy (non-hydrogen) atoms. The third-order valence-electron chi connectivity index (χ3n) is 7.67. The smallest absolute Gasteiger partial charge is 0.158 e. The summed E-state index contributed by atoms with van der Waals surface area (Å²) in [4.78, 5) is 19.8. The first-order valence-corrected chi connectivity index (χ1v) is 15.4. The second kappa shape index (κ2) is 15.3. The number of nitrogens with zero attached hydrogens (tertiary/aromatic N) is 2. The summed E-state index contributed by atoms with van der Waals surface area (Å²) < 4.78 is 10.7. The van der Waals surface area contributed by atoms with Crippen LogP contribution in [0.25, 0.3) is 22.2 Å². The van der Waals surface area contributed by atoms with E-state index in [4.69, 9.17) is 26.1 Å². The maximum Gasteiger partial charge on any atom is 0.158 e. The van der Waals surface area contributed by atoms with Crippen LogP contribution in [0.1, 0.15) is 65.8 Å². The predicted octanol–water partition coefficient (Wildman–Crippen LogP) is 7.38. The molecule has 2 fully saturated rings. The van der Waals surface area contributed by atoms with Gasteiger partial charge in [0.15, 0.2) is 11.5 Å². The highest BCUT2D eigenvalue weighted by Crippen LogP contribution is 2.44. The number of aromatic nitrogens is 2. The Hall–Kier alpha value is -3.72. The second-order valence-corrected chi connectivity index (χ2v) is 11.6. The molecule has 8 nitrogen and oxygen atoms in total. The molecule has 2 aliphatic rings. The first-order valence-electron chi connectivity index (χ1n) is 15.0. The highest BCUT2D eigenvalue weighted by molar-refractivity contribution is 6.31. The van der Waals surface area contributed by atoms with Gasteiger partial charge < -0.3 is 25.0 Å². The Balaban J connectivity index is 0.000000193. The molecule has 2 aromatic carbocycles. The van der Waals surface area contributed by atoms with Crippen molar-refractivity contribution in [1.82, 2.24) is 15.3 Å². The molecular formula is C35H42ClN3O5. The molecule has 6 rings (SSSR count). The van der Waals surface area contributed by atoms with E-state index in [0.29, 0.717) is 40.8 Å². The lowest BCUT2D eigenvalue weighted by Gasteiger charge is -2.20. The van der Waals surface area contributed by atoms with Crippen molar-refractivity contribution in [3.8, 4) is 28.5 Å². The molecule has 1 atom stereocenters. The van der Waals surface area contributed by atoms with E-state index in [-0.39, 0.29) is 11.5 Å². The number of aryl methyl sites for hydroxylation is 2. The van der Waals surface area contributed by atoms with Crippen molar-refractivity contribution in [2.45, 2.75) is 58.5 Å². The van der Waals surface area contributed by atoms with Crippen molar-refractivity contribution in [1.29, 1.82) is 0 Å². The van der Waals surface area contributed by atoms with Gasteiger partial charge in [-0.05, 0) is 114 Å². The number of likely N-dealkylation sites (N-methyl/N-ethyl adjacent to an activating group) is 1. The van der Waals surface area contributed by atoms with E-state index in [0.717, 1.165) is 52.0 Å². The van der Waals surface area contributed by atoms with Gasteiger partial charge in [0.2, 0.25) is 0 Å². The van der Waals surface area contributed by atoms with Gasteiger partial charge >= 0.3 is 0 Å². The number of hydrogen-bond acceptors (Lipinski definition) is 8. The normalized spacial score (nSPS) is 14.6. The third kappa shape index (κ3) is 8.68. The Morgan fingerprint density at radius 2 is 1.77 bits per heavy atom. The molecule has 2 saturated carbocycles. The van der Waals surface area contributed by atoms with Crippen molar-refractivity contribution in [2.75, 3.05) is 27.3 Å². The van der Waals surface area contributed by atoms with Crippen LogP contribution >= 0.6 is 11.6 Å². The monoisotopic (exact) mass is 619 g/mol. The highest BCUT2D eigenvalue weighted by atomic mass is 35.5. The van der Waals surface area contributed by atoms with Crippen LogP contribution in [0.4, 0.5) is 0 Å². The number of fused-ring (bicyclic) bond motifs is 1. The number of methoxy groups -OCH3 is 1. The Bertz CT molecular complexity index is 1590. The van der Waals surface area contributed by atoms with E-state index in [1.807, 2.05) is 40.0 Å². The average Bonchev–Trinajstić information content (AvgIpc) is 3.94. The molecule has 0 amide bonds. The molecular weight excluding hydrogens is 578 g/mol. The molecule has 9 heteroatoms. The van der Waals surface area contributed by atoms with E-state index >= 15 is 0 Å². The molecule has 0 radical (unpaired) electrons. The lowest BCUT2D eigenvalue weighted by Crippen LogP contribution is -2.20. The van der Waals surface area contributed by atoms with Crippen LogP contribution in [0.15, 0.2) is 48.5 Å². The Morgan fingerprint density at radius 1 is 1.02 bits per heavy atom. The number of carbonyl (C=O) groups excluding carboxylic acids is 1. The minimum Gasteiger partial charge on any atom is -0.504 e. The summed E-state index contributed by atoms with van der Waals surface area (Å²) in [7, 11) is 3.73. The van der Waals surface area contributed by atoms with Crippen LogP contribution in [0.2, 0.25) is 5.02 Å². The van der Waals surface area contributed by atoms with Gasteiger partial charge in [-0.25, -0.2) is 4.98 Å². The average molecular weight is 620 g/mol. The Labute approximate surface area is 264 Å². The molecule has 0 saturated heterocycles. The van der Waals surface area contributed by atoms with Crippen molar-refractivity contribution in [3.63, 3.8) is 0 Å². The third-order valence-corrected chi connectivity index (χ3v) is 8.06. The van der Waals surface area contributed by atoms with E-state index in [2.05, 4.69) is 16.4 Å². The molecule has 0 bridgehead atoms. The number of nitrogens with one attached hydrogen (secondary N) is 1. The van der Waals surface area contributed by atoms with Gasteiger partial charge in [0, 0.05) is 41.8 Å². The standard InChI is InChI=1S/C20H26N2O3.C11H8ClNO.C4H8O/c1-4-25-20-12(2)9-16(15(11-21-3)13-5-6-13)22-19(20)14-7-8-17(23)18(24)10-14;1-7-10(12)5-9-4-8(6-14)2-3-11(9)13-7;1-5-4-2-3-4/h7-10,13,15,21,23-24H,4-6,11H2,1-3H3;2-6H,1H3;4H,2-3H2,1H3. The first-order chi connectivity index (χ1) is 21.2. The fraction of sp³-hybridized carbons (Fsp3) is 0.400. The van der Waals surface area contributed by atoms with Gasteiger partial charge in [0.05, 0.1) is 28.9 Å². The SMILES string of the molecule is CCOc1c(C)cc(C(CNC)C2CC2)nc1-c1ccc(O)c(O)c1.COC1CC1.Cc1nc2ccc(C=O)cc2cc1Cl. The highest BCUT2D eigenvalue weighted by Gasteiger charge is 2.33. The number of aromatic hydroxyl groups is 2. The van der Waals surface area contributed by atoms with Gasteiger partial charge in [0.1, 0.15) is 17.7 Å². The van der Waals surface area contributed by atoms with E-state index < -0.39 is 0 Å². The summed E-state index contributed by atoms with van der Waals surface area (Å²) in [5.74, 6) is 1.50. The van der Waals surface area contributed by atoms with E-state index in [1.54, 1.807) is 25.3 Å². The number of aldehydes is 1. The molecule has 234 valence electrons. The van der Waals surface area contributed by atoms with Crippen LogP contribution in [-0.4, -0.2) is 59.9 Å². The van der Waals surface area contributed by atoms with Crippen molar-refractivity contribution in [3.05, 3.63) is 76.1 Å². The zero-order chi connectivity index (χ0) is 31.8. The summed E-state index contributed by atoms with van der Waals surface area (Å²) in [5, 5.41) is 24.3. The van der Waals surface area contributed by atoms with Crippen LogP contribution < -0.4 is 10.1 Å². The number of carbonyl (C=O) groups is 1. The zero-order valence-electron chi connectivity index (χ0n) is 26.1. The van der Waals surface area contributed by atoms with E-state index in [1.165, 1.54) is 37.8 Å². The molecule has 0 spiro atoms. The van der Waals surface area contributed by atoms with Crippen molar-refractivity contribution in [2.24, 2.45) is 5.92 Å². The number of pyridine rings is 2. The lowest BCUT2D eigenvalue weighted by molar-refractivity contribution is 0.112. The van der Waals surface area contributed by atoms with E-state index in [9.17, 15) is 15.0 Å². The molecule has 2 aromatic heterocycles. The van der Waals surface area contributed by atoms with Gasteiger partial charge in [0.25, 0.3) is 0 Å². The topological polar surface area (TPSA) is 114 Å². The number of hydrogen-bond donors (Lipinski definition) is 3. The fourth-order valence-electron chi connectivity index (χ4n) is 4.94. The molecule has 0 aliphatic heterocycles. The largest absolute Gasteiger partial charge is 0.504 e. The van der Waals surface area contributed by atoms with Gasteiger partial charge in [-0.1, -0.05) is 11.6 Å².